The highest BCUT2D eigenvalue weighted by molar-refractivity contribution is 5.80. The number of halogens is 1. The van der Waals surface area contributed by atoms with E-state index >= 15 is 0 Å². The Bertz CT molecular complexity index is 392. The SMILES string of the molecule is CC(C)OCC(=O)NCCOCCOCCOCC(F)CCC(=O)C(C)C. The summed E-state index contributed by atoms with van der Waals surface area (Å²) in [5.74, 6) is -0.145. The molecule has 1 amide bonds. The Kier molecular flexibility index (Phi) is 16.4. The molecule has 0 saturated heterocycles. The summed E-state index contributed by atoms with van der Waals surface area (Å²) in [7, 11) is 0. The third-order valence-corrected chi connectivity index (χ3v) is 3.51. The quantitative estimate of drug-likeness (QED) is 0.358. The van der Waals surface area contributed by atoms with E-state index in [9.17, 15) is 14.0 Å². The van der Waals surface area contributed by atoms with Crippen molar-refractivity contribution in [3.8, 4) is 0 Å². The molecular formula is C19H36FNO6. The van der Waals surface area contributed by atoms with Gasteiger partial charge in [-0.05, 0) is 20.3 Å². The van der Waals surface area contributed by atoms with Crippen LogP contribution in [0, 0.1) is 5.92 Å². The molecule has 0 spiro atoms. The Morgan fingerprint density at radius 2 is 1.52 bits per heavy atom. The van der Waals surface area contributed by atoms with Crippen LogP contribution in [0.5, 0.6) is 0 Å². The number of ether oxygens (including phenoxy) is 4. The monoisotopic (exact) mass is 393 g/mol. The zero-order valence-electron chi connectivity index (χ0n) is 17.1. The van der Waals surface area contributed by atoms with Gasteiger partial charge in [0.1, 0.15) is 18.6 Å². The first-order valence-electron chi connectivity index (χ1n) is 9.61. The number of hydrogen-bond acceptors (Lipinski definition) is 6. The van der Waals surface area contributed by atoms with Gasteiger partial charge in [-0.2, -0.15) is 0 Å². The number of Topliss-reactive ketones (excluding diaryl/α,β-unsaturated/α-hetero) is 1. The van der Waals surface area contributed by atoms with Gasteiger partial charge in [0.2, 0.25) is 5.91 Å². The molecule has 0 fully saturated rings. The first-order valence-corrected chi connectivity index (χ1v) is 9.61. The Morgan fingerprint density at radius 1 is 0.926 bits per heavy atom. The lowest BCUT2D eigenvalue weighted by Crippen LogP contribution is -2.31. The van der Waals surface area contributed by atoms with Gasteiger partial charge in [-0.1, -0.05) is 13.8 Å². The maximum atomic E-state index is 13.5. The molecule has 0 aromatic heterocycles. The summed E-state index contributed by atoms with van der Waals surface area (Å²) in [6.45, 7) is 9.65. The Morgan fingerprint density at radius 3 is 2.11 bits per heavy atom. The minimum absolute atomic E-state index is 0.0224. The van der Waals surface area contributed by atoms with Crippen LogP contribution in [0.3, 0.4) is 0 Å². The summed E-state index contributed by atoms with van der Waals surface area (Å²) in [6, 6.07) is 0. The van der Waals surface area contributed by atoms with E-state index in [4.69, 9.17) is 18.9 Å². The second-order valence-corrected chi connectivity index (χ2v) is 6.77. The highest BCUT2D eigenvalue weighted by atomic mass is 19.1. The van der Waals surface area contributed by atoms with Gasteiger partial charge in [0.15, 0.2) is 0 Å². The van der Waals surface area contributed by atoms with E-state index in [1.807, 2.05) is 27.7 Å². The third kappa shape index (κ3) is 18.1. The summed E-state index contributed by atoms with van der Waals surface area (Å²) in [5.41, 5.74) is 0. The standard InChI is InChI=1S/C19H36FNO6/c1-15(2)18(22)6-5-17(20)13-26-12-11-25-10-9-24-8-7-21-19(23)14-27-16(3)4/h15-17H,5-14H2,1-4H3,(H,21,23). The van der Waals surface area contributed by atoms with Gasteiger partial charge in [-0.25, -0.2) is 4.39 Å². The zero-order valence-corrected chi connectivity index (χ0v) is 17.1. The lowest BCUT2D eigenvalue weighted by atomic mass is 10.0. The molecule has 0 heterocycles. The minimum Gasteiger partial charge on any atom is -0.377 e. The largest absolute Gasteiger partial charge is 0.377 e. The summed E-state index contributed by atoms with van der Waals surface area (Å²) in [6.07, 6.45) is -0.650. The molecule has 0 aliphatic rings. The van der Waals surface area contributed by atoms with Crippen molar-refractivity contribution in [3.63, 3.8) is 0 Å². The van der Waals surface area contributed by atoms with Gasteiger partial charge < -0.3 is 24.3 Å². The number of ketones is 1. The number of carbonyl (C=O) groups is 2. The van der Waals surface area contributed by atoms with Gasteiger partial charge in [-0.15, -0.1) is 0 Å². The molecule has 0 bridgehead atoms. The molecule has 1 unspecified atom stereocenters. The topological polar surface area (TPSA) is 83.1 Å². The van der Waals surface area contributed by atoms with Crippen molar-refractivity contribution in [3.05, 3.63) is 0 Å². The molecule has 0 aliphatic heterocycles. The van der Waals surface area contributed by atoms with Crippen molar-refractivity contribution in [2.24, 2.45) is 5.92 Å². The van der Waals surface area contributed by atoms with Gasteiger partial charge in [-0.3, -0.25) is 9.59 Å². The first-order chi connectivity index (χ1) is 12.8. The van der Waals surface area contributed by atoms with Gasteiger partial charge in [0.05, 0.1) is 45.7 Å². The summed E-state index contributed by atoms with van der Waals surface area (Å²) in [4.78, 5) is 22.8. The fourth-order valence-electron chi connectivity index (χ4n) is 1.88. The molecule has 0 radical (unpaired) electrons. The molecule has 1 atom stereocenters. The molecule has 160 valence electrons. The molecule has 0 saturated carbocycles. The highest BCUT2D eigenvalue weighted by Gasteiger charge is 2.12. The van der Waals surface area contributed by atoms with Crippen LogP contribution in [0.15, 0.2) is 0 Å². The average molecular weight is 393 g/mol. The summed E-state index contributed by atoms with van der Waals surface area (Å²) in [5, 5.41) is 2.68. The number of carbonyl (C=O) groups excluding carboxylic acids is 2. The second kappa shape index (κ2) is 17.0. The van der Waals surface area contributed by atoms with Crippen LogP contribution in [-0.4, -0.2) is 76.8 Å². The molecule has 0 aromatic carbocycles. The van der Waals surface area contributed by atoms with Crippen LogP contribution in [0.25, 0.3) is 0 Å². The number of hydrogen-bond donors (Lipinski definition) is 1. The fraction of sp³-hybridized carbons (Fsp3) is 0.895. The van der Waals surface area contributed by atoms with E-state index in [1.165, 1.54) is 0 Å². The fourth-order valence-corrected chi connectivity index (χ4v) is 1.88. The Labute approximate surface area is 162 Å². The van der Waals surface area contributed by atoms with Crippen LogP contribution < -0.4 is 5.32 Å². The van der Waals surface area contributed by atoms with E-state index in [2.05, 4.69) is 5.32 Å². The van der Waals surface area contributed by atoms with E-state index in [1.54, 1.807) is 0 Å². The zero-order chi connectivity index (χ0) is 20.5. The second-order valence-electron chi connectivity index (χ2n) is 6.77. The van der Waals surface area contributed by atoms with Crippen LogP contribution >= 0.6 is 0 Å². The van der Waals surface area contributed by atoms with E-state index in [0.29, 0.717) is 39.6 Å². The van der Waals surface area contributed by atoms with Crippen molar-refractivity contribution >= 4 is 11.7 Å². The maximum absolute atomic E-state index is 13.5. The van der Waals surface area contributed by atoms with Gasteiger partial charge in [0.25, 0.3) is 0 Å². The van der Waals surface area contributed by atoms with Crippen LogP contribution in [-0.2, 0) is 28.5 Å². The molecule has 0 aromatic rings. The van der Waals surface area contributed by atoms with Crippen molar-refractivity contribution < 1.29 is 32.9 Å². The predicted octanol–water partition coefficient (Wildman–Crippen LogP) is 1.92. The molecular weight excluding hydrogens is 357 g/mol. The number of nitrogens with one attached hydrogen (secondary N) is 1. The molecule has 8 heteroatoms. The van der Waals surface area contributed by atoms with Gasteiger partial charge >= 0.3 is 0 Å². The average Bonchev–Trinajstić information content (AvgIpc) is 2.62. The summed E-state index contributed by atoms with van der Waals surface area (Å²) < 4.78 is 34.5. The smallest absolute Gasteiger partial charge is 0.246 e. The van der Waals surface area contributed by atoms with Crippen LogP contribution in [0.2, 0.25) is 0 Å². The first kappa shape index (κ1) is 25.9. The number of rotatable bonds is 18. The van der Waals surface area contributed by atoms with E-state index in [-0.39, 0.29) is 49.8 Å². The van der Waals surface area contributed by atoms with E-state index in [0.717, 1.165) is 0 Å². The van der Waals surface area contributed by atoms with Crippen molar-refractivity contribution in [1.82, 2.24) is 5.32 Å². The molecule has 1 N–H and O–H groups in total. The van der Waals surface area contributed by atoms with Crippen molar-refractivity contribution in [2.75, 3.05) is 52.8 Å². The maximum Gasteiger partial charge on any atom is 0.246 e. The summed E-state index contributed by atoms with van der Waals surface area (Å²) >= 11 is 0. The normalized spacial score (nSPS) is 12.6. The Hall–Kier alpha value is -1.09. The van der Waals surface area contributed by atoms with Crippen LogP contribution in [0.4, 0.5) is 4.39 Å². The van der Waals surface area contributed by atoms with E-state index < -0.39 is 6.17 Å². The third-order valence-electron chi connectivity index (χ3n) is 3.51. The van der Waals surface area contributed by atoms with Crippen LogP contribution in [0.1, 0.15) is 40.5 Å². The molecule has 0 rings (SSSR count). The lowest BCUT2D eigenvalue weighted by molar-refractivity contribution is -0.127. The molecule has 7 nitrogen and oxygen atoms in total. The molecule has 27 heavy (non-hydrogen) atoms. The highest BCUT2D eigenvalue weighted by Crippen LogP contribution is 2.07. The number of alkyl halides is 1. The van der Waals surface area contributed by atoms with Crippen molar-refractivity contribution in [1.29, 1.82) is 0 Å². The minimum atomic E-state index is -1.13. The van der Waals surface area contributed by atoms with Gasteiger partial charge in [0, 0.05) is 18.9 Å². The van der Waals surface area contributed by atoms with Crippen molar-refractivity contribution in [2.45, 2.75) is 52.8 Å². The number of amides is 1. The predicted molar refractivity (Wildman–Crippen MR) is 101 cm³/mol. The molecule has 0 aliphatic carbocycles. The Balaban J connectivity index is 3.31. The lowest BCUT2D eigenvalue weighted by Gasteiger charge is -2.10.